The molecule has 0 aliphatic rings. The maximum atomic E-state index is 10.8. The molecule has 0 heterocycles. The van der Waals surface area contributed by atoms with Gasteiger partial charge in [0.15, 0.2) is 0 Å². The number of ether oxygens (including phenoxy) is 1. The van der Waals surface area contributed by atoms with Crippen LogP contribution in [0.2, 0.25) is 0 Å². The summed E-state index contributed by atoms with van der Waals surface area (Å²) in [6.45, 7) is 0.479. The molecule has 0 amide bonds. The predicted octanol–water partition coefficient (Wildman–Crippen LogP) is 3.36. The highest BCUT2D eigenvalue weighted by molar-refractivity contribution is 6.63. The zero-order valence-corrected chi connectivity index (χ0v) is 10.4. The molecule has 0 radical (unpaired) electrons. The number of hydrogen-bond acceptors (Lipinski definition) is 2. The Kier molecular flexibility index (Phi) is 6.46. The minimum absolute atomic E-state index is 0.192. The molecule has 0 aliphatic heterocycles. The van der Waals surface area contributed by atoms with Gasteiger partial charge >= 0.3 is 0 Å². The number of hydrogen-bond donors (Lipinski definition) is 0. The summed E-state index contributed by atoms with van der Waals surface area (Å²) in [5.41, 5.74) is 1.07. The topological polar surface area (TPSA) is 26.3 Å². The van der Waals surface area contributed by atoms with E-state index in [-0.39, 0.29) is 17.8 Å². The van der Waals surface area contributed by atoms with Gasteiger partial charge in [0.2, 0.25) is 5.24 Å². The smallest absolute Gasteiger partial charge is 0.224 e. The predicted molar refractivity (Wildman–Crippen MR) is 65.8 cm³/mol. The van der Waals surface area contributed by atoms with Crippen LogP contribution in [-0.2, 0) is 16.1 Å². The van der Waals surface area contributed by atoms with E-state index >= 15 is 0 Å². The number of alkyl halides is 1. The van der Waals surface area contributed by atoms with E-state index in [1.54, 1.807) is 0 Å². The fourth-order valence-electron chi connectivity index (χ4n) is 1.33. The molecule has 0 saturated heterocycles. The Balaban J connectivity index is 2.40. The molecule has 1 atom stereocenters. The van der Waals surface area contributed by atoms with Gasteiger partial charge in [0, 0.05) is 12.3 Å². The van der Waals surface area contributed by atoms with Crippen molar-refractivity contribution in [3.05, 3.63) is 35.9 Å². The summed E-state index contributed by atoms with van der Waals surface area (Å²) in [4.78, 5) is 10.8. The van der Waals surface area contributed by atoms with Crippen molar-refractivity contribution in [1.29, 1.82) is 0 Å². The first kappa shape index (κ1) is 13.5. The molecule has 1 rings (SSSR count). The van der Waals surface area contributed by atoms with Crippen molar-refractivity contribution < 1.29 is 9.53 Å². The van der Waals surface area contributed by atoms with E-state index in [4.69, 9.17) is 27.9 Å². The largest absolute Gasteiger partial charge is 0.373 e. The van der Waals surface area contributed by atoms with Gasteiger partial charge in [0.05, 0.1) is 12.7 Å². The van der Waals surface area contributed by atoms with Crippen LogP contribution in [0, 0.1) is 0 Å². The van der Waals surface area contributed by atoms with E-state index in [0.717, 1.165) is 5.56 Å². The molecule has 0 N–H and O–H groups in total. The molecular weight excluding hydrogens is 247 g/mol. The molecule has 2 nitrogen and oxygen atoms in total. The standard InChI is InChI=1S/C12H14Cl2O2/c13-7-6-11(8-12(14)15)16-9-10-4-2-1-3-5-10/h1-5,11H,6-9H2. The summed E-state index contributed by atoms with van der Waals surface area (Å²) < 4.78 is 5.59. The molecule has 0 spiro atoms. The van der Waals surface area contributed by atoms with Crippen LogP contribution in [0.25, 0.3) is 0 Å². The summed E-state index contributed by atoms with van der Waals surface area (Å²) in [5.74, 6) is 0.462. The van der Waals surface area contributed by atoms with Crippen LogP contribution in [-0.4, -0.2) is 17.2 Å². The normalized spacial score (nSPS) is 12.4. The van der Waals surface area contributed by atoms with E-state index in [1.807, 2.05) is 30.3 Å². The van der Waals surface area contributed by atoms with Gasteiger partial charge in [-0.3, -0.25) is 4.79 Å². The highest BCUT2D eigenvalue weighted by Crippen LogP contribution is 2.11. The first-order valence-electron chi connectivity index (χ1n) is 5.12. The van der Waals surface area contributed by atoms with Crippen molar-refractivity contribution in [2.45, 2.75) is 25.6 Å². The van der Waals surface area contributed by atoms with Crippen molar-refractivity contribution in [2.24, 2.45) is 0 Å². The molecule has 16 heavy (non-hydrogen) atoms. The molecule has 0 aliphatic carbocycles. The zero-order chi connectivity index (χ0) is 11.8. The molecule has 1 aromatic rings. The molecule has 1 unspecified atom stereocenters. The average molecular weight is 261 g/mol. The lowest BCUT2D eigenvalue weighted by Gasteiger charge is -2.14. The van der Waals surface area contributed by atoms with Gasteiger partial charge in [0.1, 0.15) is 0 Å². The van der Waals surface area contributed by atoms with E-state index in [2.05, 4.69) is 0 Å². The Morgan fingerprint density at radius 2 is 2.00 bits per heavy atom. The average Bonchev–Trinajstić information content (AvgIpc) is 2.27. The van der Waals surface area contributed by atoms with Crippen molar-refractivity contribution in [2.75, 3.05) is 5.88 Å². The van der Waals surface area contributed by atoms with Gasteiger partial charge in [-0.15, -0.1) is 11.6 Å². The molecule has 88 valence electrons. The van der Waals surface area contributed by atoms with Crippen LogP contribution in [0.15, 0.2) is 30.3 Å². The SMILES string of the molecule is O=C(Cl)CC(CCCl)OCc1ccccc1. The van der Waals surface area contributed by atoms with Gasteiger partial charge in [-0.1, -0.05) is 30.3 Å². The summed E-state index contributed by atoms with van der Waals surface area (Å²) in [5, 5.41) is -0.386. The van der Waals surface area contributed by atoms with Crippen molar-refractivity contribution in [3.63, 3.8) is 0 Å². The van der Waals surface area contributed by atoms with E-state index in [1.165, 1.54) is 0 Å². The first-order chi connectivity index (χ1) is 7.72. The molecule has 0 saturated carbocycles. The number of halogens is 2. The van der Waals surface area contributed by atoms with Crippen LogP contribution in [0.1, 0.15) is 18.4 Å². The molecule has 0 fully saturated rings. The van der Waals surface area contributed by atoms with Crippen LogP contribution < -0.4 is 0 Å². The number of rotatable bonds is 7. The fourth-order valence-corrected chi connectivity index (χ4v) is 1.75. The van der Waals surface area contributed by atoms with E-state index in [9.17, 15) is 4.79 Å². The van der Waals surface area contributed by atoms with Crippen LogP contribution >= 0.6 is 23.2 Å². The second kappa shape index (κ2) is 7.66. The van der Waals surface area contributed by atoms with Crippen molar-refractivity contribution in [3.8, 4) is 0 Å². The summed E-state index contributed by atoms with van der Waals surface area (Å²) in [6, 6.07) is 9.78. The minimum Gasteiger partial charge on any atom is -0.373 e. The van der Waals surface area contributed by atoms with Crippen molar-refractivity contribution in [1.82, 2.24) is 0 Å². The molecule has 0 aromatic heterocycles. The first-order valence-corrected chi connectivity index (χ1v) is 6.03. The van der Waals surface area contributed by atoms with Gasteiger partial charge in [-0.2, -0.15) is 0 Å². The fraction of sp³-hybridized carbons (Fsp3) is 0.417. The summed E-state index contributed by atoms with van der Waals surface area (Å²) in [6.07, 6.45) is 0.649. The minimum atomic E-state index is -0.386. The summed E-state index contributed by atoms with van der Waals surface area (Å²) >= 11 is 11.0. The van der Waals surface area contributed by atoms with Crippen LogP contribution in [0.3, 0.4) is 0 Å². The molecule has 1 aromatic carbocycles. The van der Waals surface area contributed by atoms with Gasteiger partial charge < -0.3 is 4.74 Å². The molecule has 0 bridgehead atoms. The monoisotopic (exact) mass is 260 g/mol. The third-order valence-electron chi connectivity index (χ3n) is 2.15. The Hall–Kier alpha value is -0.570. The Labute approximate surface area is 106 Å². The molecular formula is C12H14Cl2O2. The van der Waals surface area contributed by atoms with E-state index in [0.29, 0.717) is 18.9 Å². The highest BCUT2D eigenvalue weighted by atomic mass is 35.5. The number of carbonyl (C=O) groups excluding carboxylic acids is 1. The van der Waals surface area contributed by atoms with Crippen molar-refractivity contribution >= 4 is 28.4 Å². The lowest BCUT2D eigenvalue weighted by Crippen LogP contribution is -2.16. The maximum Gasteiger partial charge on any atom is 0.224 e. The lowest BCUT2D eigenvalue weighted by atomic mass is 10.2. The highest BCUT2D eigenvalue weighted by Gasteiger charge is 2.12. The Morgan fingerprint density at radius 1 is 1.31 bits per heavy atom. The van der Waals surface area contributed by atoms with Gasteiger partial charge in [0.25, 0.3) is 0 Å². The lowest BCUT2D eigenvalue weighted by molar-refractivity contribution is -0.114. The second-order valence-electron chi connectivity index (χ2n) is 3.46. The third kappa shape index (κ3) is 5.50. The Morgan fingerprint density at radius 3 is 2.56 bits per heavy atom. The van der Waals surface area contributed by atoms with Gasteiger partial charge in [-0.25, -0.2) is 0 Å². The Bertz CT molecular complexity index is 314. The number of carbonyl (C=O) groups is 1. The second-order valence-corrected chi connectivity index (χ2v) is 4.26. The van der Waals surface area contributed by atoms with Crippen LogP contribution in [0.5, 0.6) is 0 Å². The quantitative estimate of drug-likeness (QED) is 0.555. The van der Waals surface area contributed by atoms with E-state index < -0.39 is 0 Å². The molecule has 4 heteroatoms. The van der Waals surface area contributed by atoms with Crippen LogP contribution in [0.4, 0.5) is 0 Å². The maximum absolute atomic E-state index is 10.8. The van der Waals surface area contributed by atoms with Gasteiger partial charge in [-0.05, 0) is 23.6 Å². The number of benzene rings is 1. The summed E-state index contributed by atoms with van der Waals surface area (Å²) in [7, 11) is 0. The zero-order valence-electron chi connectivity index (χ0n) is 8.86. The third-order valence-corrected chi connectivity index (χ3v) is 2.52.